The van der Waals surface area contributed by atoms with Gasteiger partial charge in [-0.1, -0.05) is 0 Å². The van der Waals surface area contributed by atoms with Gasteiger partial charge in [-0.3, -0.25) is 9.69 Å². The van der Waals surface area contributed by atoms with Crippen LogP contribution >= 0.6 is 11.6 Å². The number of amides is 1. The minimum Gasteiger partial charge on any atom is -0.449 e. The Kier molecular flexibility index (Phi) is 7.73. The number of rotatable bonds is 6. The average molecular weight is 607 g/mol. The first kappa shape index (κ1) is 28.7. The summed E-state index contributed by atoms with van der Waals surface area (Å²) in [4.78, 5) is 16.5. The Morgan fingerprint density at radius 2 is 1.83 bits per heavy atom. The highest BCUT2D eigenvalue weighted by molar-refractivity contribution is 6.28. The van der Waals surface area contributed by atoms with Gasteiger partial charge < -0.3 is 19.2 Å². The zero-order chi connectivity index (χ0) is 29.6. The number of hydrogen-bond donors (Lipinski definition) is 1. The fraction of sp³-hybridized carbons (Fsp3) is 0.379. The quantitative estimate of drug-likeness (QED) is 0.417. The van der Waals surface area contributed by atoms with Crippen molar-refractivity contribution in [3.05, 3.63) is 88.3 Å². The number of morpholine rings is 2. The Morgan fingerprint density at radius 1 is 1.07 bits per heavy atom. The predicted molar refractivity (Wildman–Crippen MR) is 146 cm³/mol. The van der Waals surface area contributed by atoms with Crippen LogP contribution in [-0.2, 0) is 14.3 Å². The van der Waals surface area contributed by atoms with Crippen molar-refractivity contribution in [1.82, 2.24) is 10.2 Å². The number of hydrazone groups is 1. The van der Waals surface area contributed by atoms with Gasteiger partial charge in [0.2, 0.25) is 5.91 Å². The number of nitrogens with one attached hydrogen (secondary N) is 1. The van der Waals surface area contributed by atoms with E-state index >= 15 is 8.78 Å². The minimum atomic E-state index is -1.79. The summed E-state index contributed by atoms with van der Waals surface area (Å²) in [5, 5.41) is 8.48. The molecule has 0 radical (unpaired) electrons. The number of nitrogens with zero attached hydrogens (tertiary/aromatic N) is 3. The van der Waals surface area contributed by atoms with Crippen LogP contribution in [0.5, 0.6) is 0 Å². The fourth-order valence-electron chi connectivity index (χ4n) is 5.80. The van der Waals surface area contributed by atoms with Gasteiger partial charge in [0.1, 0.15) is 23.2 Å². The fourth-order valence-corrected chi connectivity index (χ4v) is 5.95. The van der Waals surface area contributed by atoms with Crippen molar-refractivity contribution in [3.63, 3.8) is 0 Å². The molecule has 13 heteroatoms. The highest BCUT2D eigenvalue weighted by atomic mass is 35.5. The molecule has 3 unspecified atom stereocenters. The molecule has 3 aliphatic heterocycles. The number of furan rings is 1. The van der Waals surface area contributed by atoms with Crippen molar-refractivity contribution >= 4 is 28.9 Å². The number of halogens is 5. The normalized spacial score (nSPS) is 26.2. The lowest BCUT2D eigenvalue weighted by Crippen LogP contribution is -2.60. The van der Waals surface area contributed by atoms with Crippen LogP contribution in [0, 0.1) is 23.3 Å². The summed E-state index contributed by atoms with van der Waals surface area (Å²) in [7, 11) is 0. The molecule has 42 heavy (non-hydrogen) atoms. The third-order valence-electron chi connectivity index (χ3n) is 7.97. The molecule has 0 spiro atoms. The van der Waals surface area contributed by atoms with Crippen molar-refractivity contribution in [2.24, 2.45) is 5.10 Å². The minimum absolute atomic E-state index is 0.00577. The van der Waals surface area contributed by atoms with Crippen molar-refractivity contribution in [2.45, 2.75) is 30.5 Å². The SMILES string of the molecule is CC1(C(=O)NCC2CN3CCOC[C@@H]3CO2)C(c2ccc(Cl)o2)C(c2ccc(F)cc2F)=NN1c1ccc(F)cc1F. The Balaban J connectivity index is 1.40. The number of fused-ring (bicyclic) bond motifs is 1. The topological polar surface area (TPSA) is 79.5 Å². The number of carbonyl (C=O) groups excluding carboxylic acids is 1. The standard InChI is InChI=1S/C29H27ClF4N4O4/c1-29(28(39)35-12-19-13-37-8-9-40-14-18(37)15-41-19)26(24-6-7-25(30)42-24)27(20-4-2-16(31)10-21(20)33)36-38(29)23-5-3-17(32)11-22(23)34/h2-7,10-11,18-19,26H,8-9,12-15H2,1H3,(H,35,39)/t18-,19?,26?,29?/m1/s1. The van der Waals surface area contributed by atoms with E-state index in [1.807, 2.05) is 0 Å². The van der Waals surface area contributed by atoms with Crippen LogP contribution in [-0.4, -0.2) is 73.7 Å². The van der Waals surface area contributed by atoms with Crippen LogP contribution in [0.15, 0.2) is 58.0 Å². The van der Waals surface area contributed by atoms with E-state index in [0.29, 0.717) is 38.5 Å². The van der Waals surface area contributed by atoms with Crippen LogP contribution in [0.3, 0.4) is 0 Å². The Bertz CT molecular complexity index is 1540. The molecule has 0 bridgehead atoms. The van der Waals surface area contributed by atoms with Crippen LogP contribution < -0.4 is 10.3 Å². The van der Waals surface area contributed by atoms with Gasteiger partial charge >= 0.3 is 0 Å². The molecule has 0 saturated carbocycles. The van der Waals surface area contributed by atoms with Gasteiger partial charge in [-0.2, -0.15) is 5.10 Å². The van der Waals surface area contributed by atoms with Crippen LogP contribution in [0.4, 0.5) is 23.2 Å². The Hall–Kier alpha value is -3.45. The van der Waals surface area contributed by atoms with Crippen LogP contribution in [0.2, 0.25) is 5.22 Å². The molecule has 2 fully saturated rings. The predicted octanol–water partition coefficient (Wildman–Crippen LogP) is 4.47. The summed E-state index contributed by atoms with van der Waals surface area (Å²) < 4.78 is 75.4. The molecule has 1 aromatic heterocycles. The molecule has 4 heterocycles. The van der Waals surface area contributed by atoms with Gasteiger partial charge in [0, 0.05) is 37.3 Å². The molecule has 8 nitrogen and oxygen atoms in total. The molecule has 1 N–H and O–H groups in total. The smallest absolute Gasteiger partial charge is 0.249 e. The highest BCUT2D eigenvalue weighted by Crippen LogP contribution is 2.46. The second-order valence-corrected chi connectivity index (χ2v) is 11.0. The molecule has 2 aromatic carbocycles. The van der Waals surface area contributed by atoms with Gasteiger partial charge in [-0.15, -0.1) is 0 Å². The maximum absolute atomic E-state index is 15.3. The van der Waals surface area contributed by atoms with E-state index in [1.165, 1.54) is 25.1 Å². The van der Waals surface area contributed by atoms with E-state index in [-0.39, 0.29) is 46.6 Å². The molecule has 3 aliphatic rings. The van der Waals surface area contributed by atoms with Gasteiger partial charge in [0.25, 0.3) is 0 Å². The first-order valence-corrected chi connectivity index (χ1v) is 13.8. The maximum Gasteiger partial charge on any atom is 0.249 e. The largest absolute Gasteiger partial charge is 0.449 e. The van der Waals surface area contributed by atoms with E-state index in [2.05, 4.69) is 15.3 Å². The Labute approximate surface area is 243 Å². The summed E-state index contributed by atoms with van der Waals surface area (Å²) in [6.07, 6.45) is -0.337. The molecule has 222 valence electrons. The molecular weight excluding hydrogens is 580 g/mol. The lowest BCUT2D eigenvalue weighted by molar-refractivity contribution is -0.131. The monoisotopic (exact) mass is 606 g/mol. The summed E-state index contributed by atoms with van der Waals surface area (Å²) >= 11 is 6.10. The van der Waals surface area contributed by atoms with Gasteiger partial charge in [-0.05, 0) is 54.9 Å². The molecule has 4 atom stereocenters. The lowest BCUT2D eigenvalue weighted by atomic mass is 9.78. The molecule has 1 amide bonds. The average Bonchev–Trinajstić information content (AvgIpc) is 3.52. The van der Waals surface area contributed by atoms with Gasteiger partial charge in [-0.25, -0.2) is 22.6 Å². The summed E-state index contributed by atoms with van der Waals surface area (Å²) in [6.45, 7) is 4.54. The first-order chi connectivity index (χ1) is 20.1. The summed E-state index contributed by atoms with van der Waals surface area (Å²) in [5.74, 6) is -5.22. The van der Waals surface area contributed by atoms with E-state index < -0.39 is 40.6 Å². The molecule has 6 rings (SSSR count). The zero-order valence-electron chi connectivity index (χ0n) is 22.5. The number of carbonyl (C=O) groups is 1. The summed E-state index contributed by atoms with van der Waals surface area (Å²) in [6, 6.07) is 8.82. The van der Waals surface area contributed by atoms with E-state index in [4.69, 9.17) is 25.5 Å². The van der Waals surface area contributed by atoms with E-state index in [9.17, 15) is 13.6 Å². The van der Waals surface area contributed by atoms with Crippen molar-refractivity contribution < 1.29 is 36.2 Å². The summed E-state index contributed by atoms with van der Waals surface area (Å²) in [5.41, 5.74) is -2.19. The number of ether oxygens (including phenoxy) is 2. The van der Waals surface area contributed by atoms with Gasteiger partial charge in [0.05, 0.1) is 49.3 Å². The zero-order valence-corrected chi connectivity index (χ0v) is 23.2. The number of hydrogen-bond acceptors (Lipinski definition) is 7. The van der Waals surface area contributed by atoms with Crippen molar-refractivity contribution in [1.29, 1.82) is 0 Å². The first-order valence-electron chi connectivity index (χ1n) is 13.4. The highest BCUT2D eigenvalue weighted by Gasteiger charge is 2.57. The molecule has 3 aromatic rings. The van der Waals surface area contributed by atoms with E-state index in [0.717, 1.165) is 29.8 Å². The van der Waals surface area contributed by atoms with Crippen molar-refractivity contribution in [3.8, 4) is 0 Å². The van der Waals surface area contributed by atoms with Crippen molar-refractivity contribution in [2.75, 3.05) is 44.5 Å². The maximum atomic E-state index is 15.3. The van der Waals surface area contributed by atoms with E-state index in [1.54, 1.807) is 0 Å². The third-order valence-corrected chi connectivity index (χ3v) is 8.17. The Morgan fingerprint density at radius 3 is 2.55 bits per heavy atom. The molecular formula is C29H27ClF4N4O4. The third kappa shape index (κ3) is 5.17. The number of anilines is 1. The second kappa shape index (κ2) is 11.3. The van der Waals surface area contributed by atoms with Crippen LogP contribution in [0.1, 0.15) is 24.2 Å². The van der Waals surface area contributed by atoms with Gasteiger partial charge in [0.15, 0.2) is 16.6 Å². The molecule has 0 aliphatic carbocycles. The lowest BCUT2D eigenvalue weighted by Gasteiger charge is -2.42. The van der Waals surface area contributed by atoms with Crippen LogP contribution in [0.25, 0.3) is 0 Å². The number of benzene rings is 2. The second-order valence-electron chi connectivity index (χ2n) is 10.6. The molecule has 2 saturated heterocycles.